The Kier molecular flexibility index (Phi) is 2.99. The maximum atomic E-state index is 10.2. The monoisotopic (exact) mass is 185 g/mol. The molecule has 1 aliphatic carbocycles. The Balaban J connectivity index is 2.15. The number of rotatable bonds is 5. The number of carbonyl (C=O) groups is 1. The average molecular weight is 185 g/mol. The van der Waals surface area contributed by atoms with Gasteiger partial charge >= 0.3 is 5.97 Å². The molecule has 0 radical (unpaired) electrons. The van der Waals surface area contributed by atoms with Crippen molar-refractivity contribution >= 4 is 17.7 Å². The Morgan fingerprint density at radius 2 is 2.33 bits per heavy atom. The second-order valence-electron chi connectivity index (χ2n) is 3.22. The maximum absolute atomic E-state index is 10.2. The van der Waals surface area contributed by atoms with Gasteiger partial charge in [0.25, 0.3) is 0 Å². The highest BCUT2D eigenvalue weighted by Gasteiger charge is 2.42. The molecule has 0 atom stereocenters. The summed E-state index contributed by atoms with van der Waals surface area (Å²) in [6, 6.07) is 2.15. The molecule has 0 spiro atoms. The highest BCUT2D eigenvalue weighted by atomic mass is 32.2. The molecule has 0 unspecified atom stereocenters. The fraction of sp³-hybridized carbons (Fsp3) is 0.750. The number of carboxylic acids is 1. The van der Waals surface area contributed by atoms with Crippen molar-refractivity contribution in [2.45, 2.75) is 19.3 Å². The van der Waals surface area contributed by atoms with Crippen LogP contribution in [-0.4, -0.2) is 22.6 Å². The Morgan fingerprint density at radius 1 is 1.67 bits per heavy atom. The van der Waals surface area contributed by atoms with Gasteiger partial charge in [0.05, 0.1) is 11.8 Å². The van der Waals surface area contributed by atoms with Crippen molar-refractivity contribution in [2.24, 2.45) is 5.41 Å². The summed E-state index contributed by atoms with van der Waals surface area (Å²) < 4.78 is 0. The summed E-state index contributed by atoms with van der Waals surface area (Å²) in [6.45, 7) is 0. The second-order valence-corrected chi connectivity index (χ2v) is 4.21. The Hall–Kier alpha value is -0.690. The van der Waals surface area contributed by atoms with Gasteiger partial charge < -0.3 is 5.11 Å². The lowest BCUT2D eigenvalue weighted by Crippen LogP contribution is -2.06. The van der Waals surface area contributed by atoms with Gasteiger partial charge in [0.1, 0.15) is 0 Å². The summed E-state index contributed by atoms with van der Waals surface area (Å²) in [4.78, 5) is 10.2. The van der Waals surface area contributed by atoms with E-state index in [0.29, 0.717) is 6.42 Å². The summed E-state index contributed by atoms with van der Waals surface area (Å²) in [6.07, 6.45) is 2.76. The molecule has 66 valence electrons. The van der Waals surface area contributed by atoms with Crippen LogP contribution in [0.1, 0.15) is 19.3 Å². The van der Waals surface area contributed by atoms with Gasteiger partial charge in [0.2, 0.25) is 0 Å². The van der Waals surface area contributed by atoms with E-state index in [-0.39, 0.29) is 11.2 Å². The molecule has 1 N–H and O–H groups in total. The van der Waals surface area contributed by atoms with Crippen molar-refractivity contribution in [3.8, 4) is 6.07 Å². The molecule has 0 saturated heterocycles. The van der Waals surface area contributed by atoms with E-state index in [1.807, 2.05) is 0 Å². The van der Waals surface area contributed by atoms with Gasteiger partial charge in [-0.1, -0.05) is 0 Å². The van der Waals surface area contributed by atoms with Crippen LogP contribution in [-0.2, 0) is 4.79 Å². The standard InChI is InChI=1S/C8H11NO2S/c9-4-3-8(1-2-8)6-12-5-7(10)11/h1-3,5-6H2,(H,10,11). The first-order valence-electron chi connectivity index (χ1n) is 3.85. The van der Waals surface area contributed by atoms with E-state index in [4.69, 9.17) is 10.4 Å². The highest BCUT2D eigenvalue weighted by Crippen LogP contribution is 2.50. The van der Waals surface area contributed by atoms with E-state index in [0.717, 1.165) is 18.6 Å². The third-order valence-electron chi connectivity index (χ3n) is 2.04. The van der Waals surface area contributed by atoms with E-state index < -0.39 is 5.97 Å². The van der Waals surface area contributed by atoms with Crippen molar-refractivity contribution in [1.29, 1.82) is 5.26 Å². The summed E-state index contributed by atoms with van der Waals surface area (Å²) in [5.74, 6) is 0.216. The predicted octanol–water partition coefficient (Wildman–Crippen LogP) is 1.50. The number of thioether (sulfide) groups is 1. The molecule has 0 aliphatic heterocycles. The van der Waals surface area contributed by atoms with Gasteiger partial charge in [-0.3, -0.25) is 4.79 Å². The molecule has 0 aromatic carbocycles. The van der Waals surface area contributed by atoms with Gasteiger partial charge in [-0.05, 0) is 18.3 Å². The van der Waals surface area contributed by atoms with Crippen molar-refractivity contribution in [3.63, 3.8) is 0 Å². The van der Waals surface area contributed by atoms with Gasteiger partial charge in [-0.15, -0.1) is 11.8 Å². The highest BCUT2D eigenvalue weighted by molar-refractivity contribution is 7.99. The Bertz CT molecular complexity index is 218. The molecule has 1 fully saturated rings. The van der Waals surface area contributed by atoms with E-state index in [1.54, 1.807) is 0 Å². The van der Waals surface area contributed by atoms with E-state index in [2.05, 4.69) is 6.07 Å². The molecule has 1 aliphatic rings. The van der Waals surface area contributed by atoms with Crippen LogP contribution < -0.4 is 0 Å². The molecular weight excluding hydrogens is 174 g/mol. The zero-order valence-electron chi connectivity index (χ0n) is 6.75. The molecule has 12 heavy (non-hydrogen) atoms. The summed E-state index contributed by atoms with van der Waals surface area (Å²) in [7, 11) is 0. The lowest BCUT2D eigenvalue weighted by Gasteiger charge is -2.07. The molecule has 3 nitrogen and oxygen atoms in total. The topological polar surface area (TPSA) is 61.1 Å². The van der Waals surface area contributed by atoms with Crippen LogP contribution in [0.25, 0.3) is 0 Å². The van der Waals surface area contributed by atoms with E-state index in [9.17, 15) is 4.79 Å². The molecule has 4 heteroatoms. The van der Waals surface area contributed by atoms with Crippen LogP contribution in [0.2, 0.25) is 0 Å². The van der Waals surface area contributed by atoms with Crippen molar-refractivity contribution in [3.05, 3.63) is 0 Å². The maximum Gasteiger partial charge on any atom is 0.313 e. The number of nitriles is 1. The number of hydrogen-bond donors (Lipinski definition) is 1. The first kappa shape index (κ1) is 9.40. The lowest BCUT2D eigenvalue weighted by atomic mass is 10.1. The first-order valence-corrected chi connectivity index (χ1v) is 5.00. The molecule has 0 aromatic rings. The zero-order chi connectivity index (χ0) is 9.03. The fourth-order valence-electron chi connectivity index (χ4n) is 1.07. The lowest BCUT2D eigenvalue weighted by molar-refractivity contribution is -0.133. The van der Waals surface area contributed by atoms with Gasteiger partial charge in [0, 0.05) is 12.2 Å². The van der Waals surface area contributed by atoms with Crippen LogP contribution in [0.5, 0.6) is 0 Å². The third kappa shape index (κ3) is 2.74. The number of nitrogens with zero attached hydrogens (tertiary/aromatic N) is 1. The van der Waals surface area contributed by atoms with E-state index >= 15 is 0 Å². The smallest absolute Gasteiger partial charge is 0.313 e. The van der Waals surface area contributed by atoms with Crippen molar-refractivity contribution in [2.75, 3.05) is 11.5 Å². The second kappa shape index (κ2) is 3.81. The van der Waals surface area contributed by atoms with Crippen LogP contribution in [0, 0.1) is 16.7 Å². The minimum absolute atomic E-state index is 0.160. The Labute approximate surface area is 75.8 Å². The number of aliphatic carboxylic acids is 1. The molecule has 0 aromatic heterocycles. The summed E-state index contributed by atoms with van der Waals surface area (Å²) in [5, 5.41) is 16.8. The van der Waals surface area contributed by atoms with E-state index in [1.165, 1.54) is 11.8 Å². The minimum Gasteiger partial charge on any atom is -0.481 e. The molecule has 0 heterocycles. The fourth-order valence-corrected chi connectivity index (χ4v) is 2.17. The van der Waals surface area contributed by atoms with Crippen LogP contribution in [0.3, 0.4) is 0 Å². The van der Waals surface area contributed by atoms with Crippen molar-refractivity contribution < 1.29 is 9.90 Å². The first-order chi connectivity index (χ1) is 5.68. The average Bonchev–Trinajstić information content (AvgIpc) is 2.69. The predicted molar refractivity (Wildman–Crippen MR) is 46.9 cm³/mol. The minimum atomic E-state index is -0.771. The SMILES string of the molecule is N#CCC1(CSCC(=O)O)CC1. The molecular formula is C8H11NO2S. The molecule has 1 rings (SSSR count). The number of hydrogen-bond acceptors (Lipinski definition) is 3. The van der Waals surface area contributed by atoms with Crippen molar-refractivity contribution in [1.82, 2.24) is 0 Å². The molecule has 1 saturated carbocycles. The zero-order valence-corrected chi connectivity index (χ0v) is 7.56. The summed E-state index contributed by atoms with van der Waals surface area (Å²) >= 11 is 1.42. The normalized spacial score (nSPS) is 18.2. The van der Waals surface area contributed by atoms with Crippen LogP contribution in [0.15, 0.2) is 0 Å². The molecule has 0 bridgehead atoms. The van der Waals surface area contributed by atoms with Gasteiger partial charge in [-0.25, -0.2) is 0 Å². The quantitative estimate of drug-likeness (QED) is 0.705. The van der Waals surface area contributed by atoms with Crippen LogP contribution in [0.4, 0.5) is 0 Å². The third-order valence-corrected chi connectivity index (χ3v) is 3.31. The van der Waals surface area contributed by atoms with Crippen LogP contribution >= 0.6 is 11.8 Å². The number of carboxylic acid groups (broad SMARTS) is 1. The van der Waals surface area contributed by atoms with Gasteiger partial charge in [-0.2, -0.15) is 5.26 Å². The largest absolute Gasteiger partial charge is 0.481 e. The summed E-state index contributed by atoms with van der Waals surface area (Å²) in [5.41, 5.74) is 0.175. The van der Waals surface area contributed by atoms with Gasteiger partial charge in [0.15, 0.2) is 0 Å². The molecule has 0 amide bonds. The Morgan fingerprint density at radius 3 is 2.75 bits per heavy atom.